The van der Waals surface area contributed by atoms with Gasteiger partial charge in [0, 0.05) is 29.6 Å². The molecule has 1 atom stereocenters. The fraction of sp³-hybridized carbons (Fsp3) is 0.200. The average Bonchev–Trinajstić information content (AvgIpc) is 2.39. The zero-order valence-electron chi connectivity index (χ0n) is 10.4. The molecule has 0 N–H and O–H groups in total. The monoisotopic (exact) mass is 260 g/mol. The number of hydrogen-bond donors (Lipinski definition) is 0. The van der Waals surface area contributed by atoms with Gasteiger partial charge in [-0.25, -0.2) is 0 Å². The van der Waals surface area contributed by atoms with E-state index in [0.29, 0.717) is 10.6 Å². The number of hydrogen-bond acceptors (Lipinski definition) is 1. The molecular formula is C15H15ClNO+. The Kier molecular flexibility index (Phi) is 3.78. The molecule has 2 aromatic rings. The number of benzene rings is 1. The first kappa shape index (κ1) is 12.8. The summed E-state index contributed by atoms with van der Waals surface area (Å²) in [4.78, 5) is 12.3. The third-order valence-corrected chi connectivity index (χ3v) is 3.23. The van der Waals surface area contributed by atoms with E-state index in [-0.39, 0.29) is 11.8 Å². The van der Waals surface area contributed by atoms with Crippen molar-refractivity contribution in [1.29, 1.82) is 0 Å². The summed E-state index contributed by atoms with van der Waals surface area (Å²) in [6, 6.07) is 10.8. The molecule has 0 aliphatic rings. The minimum Gasteiger partial charge on any atom is -0.287 e. The minimum absolute atomic E-state index is 0.0838. The number of carbonyl (C=O) groups excluding carboxylic acids is 1. The number of nitrogens with zero attached hydrogens (tertiary/aromatic N) is 1. The Morgan fingerprint density at radius 3 is 2.22 bits per heavy atom. The minimum atomic E-state index is -0.216. The van der Waals surface area contributed by atoms with Gasteiger partial charge in [-0.15, -0.1) is 0 Å². The smallest absolute Gasteiger partial charge is 0.230 e. The van der Waals surface area contributed by atoms with Crippen LogP contribution in [-0.4, -0.2) is 5.78 Å². The van der Waals surface area contributed by atoms with Gasteiger partial charge in [0.05, 0.1) is 0 Å². The molecule has 1 aromatic carbocycles. The SMILES string of the molecule is Cc1cc[n+]([C@H](C)C(=O)c2ccc(Cl)cc2)cc1. The fourth-order valence-electron chi connectivity index (χ4n) is 1.76. The van der Waals surface area contributed by atoms with Crippen LogP contribution < -0.4 is 4.57 Å². The van der Waals surface area contributed by atoms with E-state index in [1.807, 2.05) is 42.9 Å². The summed E-state index contributed by atoms with van der Waals surface area (Å²) in [5, 5.41) is 0.641. The Bertz CT molecular complexity index is 546. The van der Waals surface area contributed by atoms with E-state index in [0.717, 1.165) is 0 Å². The van der Waals surface area contributed by atoms with E-state index < -0.39 is 0 Å². The molecule has 2 nitrogen and oxygen atoms in total. The van der Waals surface area contributed by atoms with Crippen LogP contribution in [0.3, 0.4) is 0 Å². The van der Waals surface area contributed by atoms with Crippen LogP contribution >= 0.6 is 11.6 Å². The van der Waals surface area contributed by atoms with E-state index in [4.69, 9.17) is 11.6 Å². The number of halogens is 1. The Morgan fingerprint density at radius 2 is 1.67 bits per heavy atom. The third-order valence-electron chi connectivity index (χ3n) is 2.97. The summed E-state index contributed by atoms with van der Waals surface area (Å²) >= 11 is 5.81. The molecule has 1 heterocycles. The molecule has 0 aliphatic carbocycles. The van der Waals surface area contributed by atoms with Crippen molar-refractivity contribution in [3.63, 3.8) is 0 Å². The summed E-state index contributed by atoms with van der Waals surface area (Å²) in [5.41, 5.74) is 1.86. The summed E-state index contributed by atoms with van der Waals surface area (Å²) in [7, 11) is 0. The molecular weight excluding hydrogens is 246 g/mol. The highest BCUT2D eigenvalue weighted by atomic mass is 35.5. The topological polar surface area (TPSA) is 20.9 Å². The second-order valence-corrected chi connectivity index (χ2v) is 4.81. The van der Waals surface area contributed by atoms with Crippen molar-refractivity contribution in [2.75, 3.05) is 0 Å². The molecule has 0 amide bonds. The zero-order chi connectivity index (χ0) is 13.1. The first-order valence-electron chi connectivity index (χ1n) is 5.85. The maximum absolute atomic E-state index is 12.3. The van der Waals surface area contributed by atoms with E-state index in [2.05, 4.69) is 0 Å². The molecule has 92 valence electrons. The van der Waals surface area contributed by atoms with Gasteiger partial charge in [-0.3, -0.25) is 4.79 Å². The zero-order valence-corrected chi connectivity index (χ0v) is 11.2. The van der Waals surface area contributed by atoms with Gasteiger partial charge in [-0.2, -0.15) is 4.57 Å². The van der Waals surface area contributed by atoms with Crippen LogP contribution in [0.5, 0.6) is 0 Å². The highest BCUT2D eigenvalue weighted by molar-refractivity contribution is 6.30. The summed E-state index contributed by atoms with van der Waals surface area (Å²) in [6.45, 7) is 3.92. The fourth-order valence-corrected chi connectivity index (χ4v) is 1.89. The van der Waals surface area contributed by atoms with Crippen molar-refractivity contribution in [3.8, 4) is 0 Å². The first-order valence-corrected chi connectivity index (χ1v) is 6.23. The Labute approximate surface area is 112 Å². The normalized spacial score (nSPS) is 12.2. The lowest BCUT2D eigenvalue weighted by molar-refractivity contribution is -0.704. The number of Topliss-reactive ketones (excluding diaryl/α,β-unsaturated/α-hetero) is 1. The molecule has 1 aromatic heterocycles. The van der Waals surface area contributed by atoms with Gasteiger partial charge < -0.3 is 0 Å². The van der Waals surface area contributed by atoms with Gasteiger partial charge in [0.1, 0.15) is 0 Å². The standard InChI is InChI=1S/C15H15ClNO/c1-11-7-9-17(10-8-11)12(2)15(18)13-3-5-14(16)6-4-13/h3-10,12H,1-2H3/q+1/t12-/m1/s1. The van der Waals surface area contributed by atoms with Crippen molar-refractivity contribution < 1.29 is 9.36 Å². The van der Waals surface area contributed by atoms with Crippen LogP contribution in [0.4, 0.5) is 0 Å². The summed E-state index contributed by atoms with van der Waals surface area (Å²) in [6.07, 6.45) is 3.85. The Hall–Kier alpha value is -1.67. The van der Waals surface area contributed by atoms with Crippen molar-refractivity contribution >= 4 is 17.4 Å². The molecule has 0 bridgehead atoms. The van der Waals surface area contributed by atoms with Gasteiger partial charge in [-0.1, -0.05) is 11.6 Å². The van der Waals surface area contributed by atoms with Gasteiger partial charge in [0.2, 0.25) is 11.8 Å². The van der Waals surface area contributed by atoms with Gasteiger partial charge in [-0.05, 0) is 36.8 Å². The summed E-state index contributed by atoms with van der Waals surface area (Å²) < 4.78 is 1.91. The van der Waals surface area contributed by atoms with Crippen LogP contribution in [0.15, 0.2) is 48.8 Å². The van der Waals surface area contributed by atoms with Crippen LogP contribution in [-0.2, 0) is 0 Å². The average molecular weight is 261 g/mol. The number of ketones is 1. The van der Waals surface area contributed by atoms with E-state index in [1.54, 1.807) is 24.3 Å². The van der Waals surface area contributed by atoms with Gasteiger partial charge in [0.15, 0.2) is 12.4 Å². The molecule has 0 radical (unpaired) electrons. The highest BCUT2D eigenvalue weighted by Crippen LogP contribution is 2.13. The van der Waals surface area contributed by atoms with Crippen LogP contribution in [0.2, 0.25) is 5.02 Å². The second-order valence-electron chi connectivity index (χ2n) is 4.37. The van der Waals surface area contributed by atoms with Gasteiger partial charge in [0.25, 0.3) is 0 Å². The lowest BCUT2D eigenvalue weighted by atomic mass is 10.1. The number of carbonyl (C=O) groups is 1. The van der Waals surface area contributed by atoms with Crippen LogP contribution in [0.25, 0.3) is 0 Å². The number of pyridine rings is 1. The Morgan fingerprint density at radius 1 is 1.11 bits per heavy atom. The molecule has 0 fully saturated rings. The first-order chi connectivity index (χ1) is 8.58. The number of aryl methyl sites for hydroxylation is 1. The molecule has 0 saturated carbocycles. The molecule has 0 saturated heterocycles. The molecule has 2 rings (SSSR count). The van der Waals surface area contributed by atoms with Crippen molar-refractivity contribution in [2.24, 2.45) is 0 Å². The van der Waals surface area contributed by atoms with E-state index in [9.17, 15) is 4.79 Å². The predicted molar refractivity (Wildman–Crippen MR) is 71.9 cm³/mol. The quantitative estimate of drug-likeness (QED) is 0.612. The Balaban J connectivity index is 2.23. The summed E-state index contributed by atoms with van der Waals surface area (Å²) in [5.74, 6) is 0.0838. The molecule has 3 heteroatoms. The third kappa shape index (κ3) is 2.77. The van der Waals surface area contributed by atoms with Crippen molar-refractivity contribution in [3.05, 3.63) is 64.9 Å². The van der Waals surface area contributed by atoms with E-state index >= 15 is 0 Å². The maximum Gasteiger partial charge on any atom is 0.230 e. The highest BCUT2D eigenvalue weighted by Gasteiger charge is 2.22. The molecule has 0 unspecified atom stereocenters. The van der Waals surface area contributed by atoms with Crippen molar-refractivity contribution in [2.45, 2.75) is 19.9 Å². The lowest BCUT2D eigenvalue weighted by Gasteiger charge is -2.06. The predicted octanol–water partition coefficient (Wildman–Crippen LogP) is 3.38. The largest absolute Gasteiger partial charge is 0.287 e. The van der Waals surface area contributed by atoms with Crippen LogP contribution in [0, 0.1) is 6.92 Å². The number of aromatic nitrogens is 1. The van der Waals surface area contributed by atoms with Crippen molar-refractivity contribution in [1.82, 2.24) is 0 Å². The van der Waals surface area contributed by atoms with Gasteiger partial charge >= 0.3 is 0 Å². The molecule has 0 spiro atoms. The second kappa shape index (κ2) is 5.32. The van der Waals surface area contributed by atoms with Crippen LogP contribution in [0.1, 0.15) is 28.9 Å². The number of rotatable bonds is 3. The maximum atomic E-state index is 12.3. The lowest BCUT2D eigenvalue weighted by Crippen LogP contribution is -2.41. The molecule has 0 aliphatic heterocycles. The van der Waals surface area contributed by atoms with E-state index in [1.165, 1.54) is 5.56 Å². The molecule has 18 heavy (non-hydrogen) atoms.